The first-order valence-corrected chi connectivity index (χ1v) is 10.8. The third-order valence-electron chi connectivity index (χ3n) is 8.82. The van der Waals surface area contributed by atoms with Gasteiger partial charge in [-0.2, -0.15) is 0 Å². The SMILES string of the molecule is C[C@@H]1C=C2CC(=O)CC[C@]2(C)[C@H]2CC[C@]3(C)C(c4cccnc4)=CC[C@H]3[C@H]12. The fourth-order valence-electron chi connectivity index (χ4n) is 7.38. The molecule has 6 atom stereocenters. The van der Waals surface area contributed by atoms with Gasteiger partial charge in [0.15, 0.2) is 0 Å². The Morgan fingerprint density at radius 2 is 2.00 bits per heavy atom. The summed E-state index contributed by atoms with van der Waals surface area (Å²) in [6.07, 6.45) is 15.3. The van der Waals surface area contributed by atoms with E-state index in [0.29, 0.717) is 24.0 Å². The highest BCUT2D eigenvalue weighted by Crippen LogP contribution is 2.67. The zero-order chi connectivity index (χ0) is 18.8. The van der Waals surface area contributed by atoms with E-state index in [-0.39, 0.29) is 10.8 Å². The Balaban J connectivity index is 1.52. The number of carbonyl (C=O) groups excluding carboxylic acids is 1. The summed E-state index contributed by atoms with van der Waals surface area (Å²) >= 11 is 0. The van der Waals surface area contributed by atoms with Gasteiger partial charge in [-0.1, -0.05) is 44.6 Å². The lowest BCUT2D eigenvalue weighted by Crippen LogP contribution is -2.51. The molecule has 4 aliphatic carbocycles. The molecule has 4 aliphatic rings. The first kappa shape index (κ1) is 17.4. The molecule has 2 fully saturated rings. The molecule has 0 aromatic carbocycles. The van der Waals surface area contributed by atoms with Crippen LogP contribution in [0.15, 0.2) is 42.3 Å². The molecule has 2 nitrogen and oxygen atoms in total. The van der Waals surface area contributed by atoms with E-state index in [1.165, 1.54) is 36.0 Å². The summed E-state index contributed by atoms with van der Waals surface area (Å²) in [6, 6.07) is 4.30. The average Bonchev–Trinajstić information content (AvgIpc) is 3.01. The quantitative estimate of drug-likeness (QED) is 0.587. The fraction of sp³-hybridized carbons (Fsp3) is 0.600. The van der Waals surface area contributed by atoms with E-state index < -0.39 is 0 Å². The van der Waals surface area contributed by atoms with Crippen LogP contribution in [0.4, 0.5) is 0 Å². The second-order valence-corrected chi connectivity index (χ2v) is 10.0. The lowest BCUT2D eigenvalue weighted by atomic mass is 9.45. The Hall–Kier alpha value is -1.70. The second kappa shape index (κ2) is 5.90. The molecule has 1 aromatic heterocycles. The van der Waals surface area contributed by atoms with Crippen molar-refractivity contribution < 1.29 is 4.79 Å². The van der Waals surface area contributed by atoms with Crippen molar-refractivity contribution in [2.75, 3.05) is 0 Å². The van der Waals surface area contributed by atoms with E-state index in [9.17, 15) is 4.79 Å². The number of fused-ring (bicyclic) bond motifs is 5. The molecular weight excluding hydrogens is 330 g/mol. The summed E-state index contributed by atoms with van der Waals surface area (Å²) in [6.45, 7) is 7.40. The molecule has 1 aromatic rings. The van der Waals surface area contributed by atoms with Gasteiger partial charge in [0.25, 0.3) is 0 Å². The molecule has 0 aliphatic heterocycles. The number of hydrogen-bond acceptors (Lipinski definition) is 2. The standard InChI is InChI=1S/C25H31NO/c1-16-13-18-14-19(27)8-10-24(18,2)22-9-11-25(3)20(6-7-21(25)23(16)22)17-5-4-12-26-15-17/h4-6,12-13,15-16,21-23H,7-11,14H2,1-3H3/t16-,21+,22+,23+,24+,25-/m1/s1. The Morgan fingerprint density at radius 1 is 1.15 bits per heavy atom. The molecule has 5 rings (SSSR count). The van der Waals surface area contributed by atoms with E-state index in [1.54, 1.807) is 0 Å². The van der Waals surface area contributed by atoms with Gasteiger partial charge in [-0.05, 0) is 77.4 Å². The maximum Gasteiger partial charge on any atom is 0.136 e. The van der Waals surface area contributed by atoms with Crippen LogP contribution in [-0.4, -0.2) is 10.8 Å². The normalized spacial score (nSPS) is 43.3. The minimum absolute atomic E-state index is 0.253. The molecule has 0 amide bonds. The number of nitrogens with zero attached hydrogens (tertiary/aromatic N) is 1. The molecule has 0 radical (unpaired) electrons. The highest BCUT2D eigenvalue weighted by Gasteiger charge is 2.58. The molecule has 27 heavy (non-hydrogen) atoms. The Morgan fingerprint density at radius 3 is 2.78 bits per heavy atom. The minimum Gasteiger partial charge on any atom is -0.299 e. The van der Waals surface area contributed by atoms with Crippen molar-refractivity contribution in [2.45, 2.75) is 59.3 Å². The van der Waals surface area contributed by atoms with Crippen molar-refractivity contribution in [2.24, 2.45) is 34.5 Å². The van der Waals surface area contributed by atoms with Gasteiger partial charge in [0.05, 0.1) is 0 Å². The fourth-order valence-corrected chi connectivity index (χ4v) is 7.38. The van der Waals surface area contributed by atoms with Gasteiger partial charge in [0.2, 0.25) is 0 Å². The zero-order valence-corrected chi connectivity index (χ0v) is 16.9. The molecule has 0 saturated heterocycles. The van der Waals surface area contributed by atoms with E-state index in [4.69, 9.17) is 0 Å². The van der Waals surface area contributed by atoms with Crippen molar-refractivity contribution in [1.29, 1.82) is 0 Å². The van der Waals surface area contributed by atoms with Crippen LogP contribution < -0.4 is 0 Å². The van der Waals surface area contributed by atoms with Crippen LogP contribution in [0.2, 0.25) is 0 Å². The summed E-state index contributed by atoms with van der Waals surface area (Å²) in [7, 11) is 0. The lowest BCUT2D eigenvalue weighted by molar-refractivity contribution is -0.122. The van der Waals surface area contributed by atoms with Crippen molar-refractivity contribution >= 4 is 11.4 Å². The highest BCUT2D eigenvalue weighted by atomic mass is 16.1. The van der Waals surface area contributed by atoms with Gasteiger partial charge in [-0.25, -0.2) is 0 Å². The monoisotopic (exact) mass is 361 g/mol. The van der Waals surface area contributed by atoms with Crippen LogP contribution in [0.3, 0.4) is 0 Å². The van der Waals surface area contributed by atoms with Crippen LogP contribution >= 0.6 is 0 Å². The number of Topliss-reactive ketones (excluding diaryl/α,β-unsaturated/α-hetero) is 1. The van der Waals surface area contributed by atoms with Gasteiger partial charge in [-0.15, -0.1) is 0 Å². The minimum atomic E-state index is 0.253. The third-order valence-corrected chi connectivity index (χ3v) is 8.82. The van der Waals surface area contributed by atoms with Crippen molar-refractivity contribution in [3.8, 4) is 0 Å². The summed E-state index contributed by atoms with van der Waals surface area (Å²) < 4.78 is 0. The van der Waals surface area contributed by atoms with Gasteiger partial charge < -0.3 is 0 Å². The Labute approximate surface area is 163 Å². The van der Waals surface area contributed by atoms with Crippen LogP contribution in [0.25, 0.3) is 5.57 Å². The lowest BCUT2D eigenvalue weighted by Gasteiger charge is -2.59. The van der Waals surface area contributed by atoms with Gasteiger partial charge in [0, 0.05) is 25.2 Å². The summed E-state index contributed by atoms with van der Waals surface area (Å²) in [4.78, 5) is 16.5. The number of ketones is 1. The molecule has 142 valence electrons. The first-order valence-electron chi connectivity index (χ1n) is 10.8. The van der Waals surface area contributed by atoms with Crippen LogP contribution in [0.5, 0.6) is 0 Å². The molecule has 0 unspecified atom stereocenters. The highest BCUT2D eigenvalue weighted by molar-refractivity contribution is 5.82. The largest absolute Gasteiger partial charge is 0.299 e. The van der Waals surface area contributed by atoms with E-state index in [1.807, 2.05) is 12.4 Å². The number of hydrogen-bond donors (Lipinski definition) is 0. The topological polar surface area (TPSA) is 30.0 Å². The van der Waals surface area contributed by atoms with Crippen LogP contribution in [0, 0.1) is 34.5 Å². The zero-order valence-electron chi connectivity index (χ0n) is 16.9. The van der Waals surface area contributed by atoms with Crippen molar-refractivity contribution in [1.82, 2.24) is 4.98 Å². The average molecular weight is 362 g/mol. The predicted molar refractivity (Wildman–Crippen MR) is 109 cm³/mol. The molecule has 0 bridgehead atoms. The summed E-state index contributed by atoms with van der Waals surface area (Å²) in [5.41, 5.74) is 4.84. The number of aromatic nitrogens is 1. The van der Waals surface area contributed by atoms with Gasteiger partial charge >= 0.3 is 0 Å². The van der Waals surface area contributed by atoms with Gasteiger partial charge in [0.1, 0.15) is 5.78 Å². The maximum atomic E-state index is 12.1. The van der Waals surface area contributed by atoms with Crippen molar-refractivity contribution in [3.63, 3.8) is 0 Å². The van der Waals surface area contributed by atoms with E-state index >= 15 is 0 Å². The first-order chi connectivity index (χ1) is 12.9. The predicted octanol–water partition coefficient (Wildman–Crippen LogP) is 5.85. The number of pyridine rings is 1. The molecule has 0 spiro atoms. The van der Waals surface area contributed by atoms with E-state index in [0.717, 1.165) is 24.7 Å². The van der Waals surface area contributed by atoms with Crippen LogP contribution in [0.1, 0.15) is 64.9 Å². The maximum absolute atomic E-state index is 12.1. The third kappa shape index (κ3) is 2.38. The summed E-state index contributed by atoms with van der Waals surface area (Å²) in [5, 5.41) is 0. The van der Waals surface area contributed by atoms with E-state index in [2.05, 4.69) is 50.0 Å². The number of carbonyl (C=O) groups is 1. The Bertz CT molecular complexity index is 837. The molecule has 0 N–H and O–H groups in total. The number of rotatable bonds is 1. The van der Waals surface area contributed by atoms with Crippen molar-refractivity contribution in [3.05, 3.63) is 47.8 Å². The molecule has 2 heteroatoms. The van der Waals surface area contributed by atoms with Crippen LogP contribution in [-0.2, 0) is 4.79 Å². The number of allylic oxidation sites excluding steroid dienone is 4. The Kier molecular flexibility index (Phi) is 3.80. The van der Waals surface area contributed by atoms with Gasteiger partial charge in [-0.3, -0.25) is 9.78 Å². The second-order valence-electron chi connectivity index (χ2n) is 10.0. The molecule has 1 heterocycles. The molecule has 2 saturated carbocycles. The smallest absolute Gasteiger partial charge is 0.136 e. The summed E-state index contributed by atoms with van der Waals surface area (Å²) in [5.74, 6) is 3.21. The molecular formula is C25H31NO.